The lowest BCUT2D eigenvalue weighted by atomic mass is 10.0. The third kappa shape index (κ3) is 2.23. The topological polar surface area (TPSA) is 35.5 Å². The summed E-state index contributed by atoms with van der Waals surface area (Å²) in [5, 5.41) is 0. The smallest absolute Gasteiger partial charge is 0.146 e. The zero-order valence-electron chi connectivity index (χ0n) is 8.23. The number of carbonyl (C=O) groups is 1. The van der Waals surface area contributed by atoms with Crippen LogP contribution in [0.1, 0.15) is 19.3 Å². The van der Waals surface area contributed by atoms with Gasteiger partial charge in [-0.05, 0) is 30.6 Å². The van der Waals surface area contributed by atoms with Crippen molar-refractivity contribution in [3.05, 3.63) is 23.5 Å². The molecule has 1 fully saturated rings. The fourth-order valence-electron chi connectivity index (χ4n) is 1.45. The van der Waals surface area contributed by atoms with Gasteiger partial charge < -0.3 is 9.47 Å². The van der Waals surface area contributed by atoms with Crippen LogP contribution in [0.2, 0.25) is 0 Å². The van der Waals surface area contributed by atoms with E-state index in [1.54, 1.807) is 13.2 Å². The largest absolute Gasteiger partial charge is 0.491 e. The SMILES string of the molecule is COC1C=C(OC2CC2)C=C(C=O)C1. The summed E-state index contributed by atoms with van der Waals surface area (Å²) in [6.45, 7) is 0. The van der Waals surface area contributed by atoms with Crippen molar-refractivity contribution in [2.24, 2.45) is 0 Å². The van der Waals surface area contributed by atoms with Crippen molar-refractivity contribution in [1.82, 2.24) is 0 Å². The van der Waals surface area contributed by atoms with Gasteiger partial charge in [0.15, 0.2) is 0 Å². The standard InChI is InChI=1S/C11H14O3/c1-13-10-4-8(7-12)5-11(6-10)14-9-2-3-9/h5-7,9-10H,2-4H2,1H3. The van der Waals surface area contributed by atoms with Gasteiger partial charge in [0.2, 0.25) is 0 Å². The molecule has 1 atom stereocenters. The molecular formula is C11H14O3. The van der Waals surface area contributed by atoms with Gasteiger partial charge in [0.05, 0.1) is 12.2 Å². The second kappa shape index (κ2) is 3.96. The first kappa shape index (κ1) is 9.46. The Kier molecular flexibility index (Phi) is 2.68. The van der Waals surface area contributed by atoms with Crippen LogP contribution in [0.3, 0.4) is 0 Å². The van der Waals surface area contributed by atoms with Crippen LogP contribution in [-0.4, -0.2) is 25.6 Å². The van der Waals surface area contributed by atoms with Gasteiger partial charge in [-0.3, -0.25) is 4.79 Å². The van der Waals surface area contributed by atoms with E-state index in [4.69, 9.17) is 9.47 Å². The van der Waals surface area contributed by atoms with Crippen LogP contribution in [0.25, 0.3) is 0 Å². The number of carbonyl (C=O) groups excluding carboxylic acids is 1. The molecule has 0 N–H and O–H groups in total. The first-order chi connectivity index (χ1) is 6.81. The summed E-state index contributed by atoms with van der Waals surface area (Å²) in [5.41, 5.74) is 0.745. The van der Waals surface area contributed by atoms with Crippen molar-refractivity contribution in [3.8, 4) is 0 Å². The summed E-state index contributed by atoms with van der Waals surface area (Å²) < 4.78 is 10.8. The van der Waals surface area contributed by atoms with E-state index in [0.717, 1.165) is 30.5 Å². The number of methoxy groups -OCH3 is 1. The van der Waals surface area contributed by atoms with Crippen LogP contribution in [0.15, 0.2) is 23.5 Å². The second-order valence-corrected chi connectivity index (χ2v) is 3.70. The van der Waals surface area contributed by atoms with Crippen molar-refractivity contribution in [2.75, 3.05) is 7.11 Å². The van der Waals surface area contributed by atoms with E-state index >= 15 is 0 Å². The van der Waals surface area contributed by atoms with Gasteiger partial charge in [-0.1, -0.05) is 0 Å². The Morgan fingerprint density at radius 3 is 2.86 bits per heavy atom. The summed E-state index contributed by atoms with van der Waals surface area (Å²) in [7, 11) is 1.64. The first-order valence-corrected chi connectivity index (χ1v) is 4.89. The molecule has 0 heterocycles. The third-order valence-corrected chi connectivity index (χ3v) is 2.40. The molecule has 0 aromatic rings. The summed E-state index contributed by atoms with van der Waals surface area (Å²) in [6.07, 6.45) is 7.85. The van der Waals surface area contributed by atoms with Crippen molar-refractivity contribution >= 4 is 6.29 Å². The van der Waals surface area contributed by atoms with Crippen LogP contribution in [0, 0.1) is 0 Å². The Bertz CT molecular complexity index is 287. The van der Waals surface area contributed by atoms with E-state index < -0.39 is 0 Å². The molecule has 0 amide bonds. The highest BCUT2D eigenvalue weighted by molar-refractivity contribution is 5.74. The number of rotatable bonds is 4. The number of aldehydes is 1. The minimum Gasteiger partial charge on any atom is -0.491 e. The van der Waals surface area contributed by atoms with E-state index in [1.807, 2.05) is 6.08 Å². The summed E-state index contributed by atoms with van der Waals surface area (Å²) in [6, 6.07) is 0. The van der Waals surface area contributed by atoms with Crippen LogP contribution in [0.5, 0.6) is 0 Å². The third-order valence-electron chi connectivity index (χ3n) is 2.40. The van der Waals surface area contributed by atoms with E-state index in [1.165, 1.54) is 0 Å². The molecule has 14 heavy (non-hydrogen) atoms. The van der Waals surface area contributed by atoms with Gasteiger partial charge in [-0.15, -0.1) is 0 Å². The highest BCUT2D eigenvalue weighted by atomic mass is 16.5. The Labute approximate surface area is 83.4 Å². The minimum atomic E-state index is -0.0195. The molecular weight excluding hydrogens is 180 g/mol. The van der Waals surface area contributed by atoms with Gasteiger partial charge in [0.1, 0.15) is 12.0 Å². The zero-order valence-corrected chi connectivity index (χ0v) is 8.23. The monoisotopic (exact) mass is 194 g/mol. The molecule has 1 unspecified atom stereocenters. The van der Waals surface area contributed by atoms with Crippen molar-refractivity contribution < 1.29 is 14.3 Å². The Morgan fingerprint density at radius 1 is 1.50 bits per heavy atom. The summed E-state index contributed by atoms with van der Waals surface area (Å²) in [5.74, 6) is 0.785. The molecule has 0 saturated heterocycles. The molecule has 0 bridgehead atoms. The molecule has 2 aliphatic rings. The molecule has 2 aliphatic carbocycles. The predicted octanol–water partition coefficient (Wildman–Crippen LogP) is 1.59. The number of ether oxygens (including phenoxy) is 2. The summed E-state index contributed by atoms with van der Waals surface area (Å²) in [4.78, 5) is 10.7. The molecule has 2 rings (SSSR count). The van der Waals surface area contributed by atoms with Crippen molar-refractivity contribution in [2.45, 2.75) is 31.5 Å². The van der Waals surface area contributed by atoms with E-state index in [2.05, 4.69) is 0 Å². The predicted molar refractivity (Wildman–Crippen MR) is 51.8 cm³/mol. The van der Waals surface area contributed by atoms with E-state index in [-0.39, 0.29) is 6.10 Å². The van der Waals surface area contributed by atoms with E-state index in [0.29, 0.717) is 12.5 Å². The molecule has 3 heteroatoms. The molecule has 1 saturated carbocycles. The quantitative estimate of drug-likeness (QED) is 0.637. The molecule has 3 nitrogen and oxygen atoms in total. The molecule has 0 aromatic carbocycles. The normalized spacial score (nSPS) is 26.5. The Morgan fingerprint density at radius 2 is 2.29 bits per heavy atom. The zero-order chi connectivity index (χ0) is 9.97. The van der Waals surface area contributed by atoms with Crippen LogP contribution in [-0.2, 0) is 14.3 Å². The molecule has 0 aliphatic heterocycles. The molecule has 76 valence electrons. The fourth-order valence-corrected chi connectivity index (χ4v) is 1.45. The average molecular weight is 194 g/mol. The molecule has 0 spiro atoms. The van der Waals surface area contributed by atoms with E-state index in [9.17, 15) is 4.79 Å². The Hall–Kier alpha value is -1.09. The molecule has 0 radical (unpaired) electrons. The maximum absolute atomic E-state index is 10.7. The maximum atomic E-state index is 10.7. The van der Waals surface area contributed by atoms with Gasteiger partial charge in [-0.25, -0.2) is 0 Å². The lowest BCUT2D eigenvalue weighted by molar-refractivity contribution is -0.105. The van der Waals surface area contributed by atoms with Gasteiger partial charge in [-0.2, -0.15) is 0 Å². The summed E-state index contributed by atoms with van der Waals surface area (Å²) >= 11 is 0. The Balaban J connectivity index is 2.06. The van der Waals surface area contributed by atoms with Crippen LogP contribution < -0.4 is 0 Å². The lowest BCUT2D eigenvalue weighted by Gasteiger charge is -2.18. The average Bonchev–Trinajstić information content (AvgIpc) is 3.01. The van der Waals surface area contributed by atoms with Gasteiger partial charge >= 0.3 is 0 Å². The maximum Gasteiger partial charge on any atom is 0.146 e. The highest BCUT2D eigenvalue weighted by Crippen LogP contribution is 2.29. The second-order valence-electron chi connectivity index (χ2n) is 3.70. The minimum absolute atomic E-state index is 0.0195. The van der Waals surface area contributed by atoms with Crippen LogP contribution >= 0.6 is 0 Å². The number of hydrogen-bond acceptors (Lipinski definition) is 3. The number of hydrogen-bond donors (Lipinski definition) is 0. The van der Waals surface area contributed by atoms with Crippen molar-refractivity contribution in [1.29, 1.82) is 0 Å². The van der Waals surface area contributed by atoms with Crippen molar-refractivity contribution in [3.63, 3.8) is 0 Å². The van der Waals surface area contributed by atoms with Crippen LogP contribution in [0.4, 0.5) is 0 Å². The van der Waals surface area contributed by atoms with Gasteiger partial charge in [0.25, 0.3) is 0 Å². The van der Waals surface area contributed by atoms with Gasteiger partial charge in [0, 0.05) is 13.5 Å². The highest BCUT2D eigenvalue weighted by Gasteiger charge is 2.25. The lowest BCUT2D eigenvalue weighted by Crippen LogP contribution is -2.14. The number of allylic oxidation sites excluding steroid dienone is 1. The first-order valence-electron chi connectivity index (χ1n) is 4.89. The fraction of sp³-hybridized carbons (Fsp3) is 0.545. The molecule has 0 aromatic heterocycles.